The van der Waals surface area contributed by atoms with Crippen molar-refractivity contribution in [2.75, 3.05) is 13.2 Å². The van der Waals surface area contributed by atoms with E-state index in [4.69, 9.17) is 14.6 Å². The van der Waals surface area contributed by atoms with E-state index in [0.29, 0.717) is 19.6 Å². The summed E-state index contributed by atoms with van der Waals surface area (Å²) in [4.78, 5) is 0. The van der Waals surface area contributed by atoms with Gasteiger partial charge in [0.25, 0.3) is 0 Å². The van der Waals surface area contributed by atoms with E-state index in [1.165, 1.54) is 0 Å². The number of nitrogens with zero attached hydrogens (tertiary/aromatic N) is 1. The molecule has 0 unspecified atom stereocenters. The van der Waals surface area contributed by atoms with E-state index < -0.39 is 0 Å². The number of hydrogen-bond donors (Lipinski definition) is 0. The Morgan fingerprint density at radius 3 is 2.25 bits per heavy atom. The van der Waals surface area contributed by atoms with Crippen LogP contribution in [0.2, 0.25) is 6.32 Å². The van der Waals surface area contributed by atoms with Gasteiger partial charge in [-0.1, -0.05) is 0 Å². The lowest BCUT2D eigenvalue weighted by Gasteiger charge is -2.10. The molecule has 12 heavy (non-hydrogen) atoms. The van der Waals surface area contributed by atoms with Gasteiger partial charge in [-0.2, -0.15) is 5.26 Å². The summed E-state index contributed by atoms with van der Waals surface area (Å²) in [5.74, 6) is 0. The summed E-state index contributed by atoms with van der Waals surface area (Å²) in [6.07, 6.45) is 2.24. The van der Waals surface area contributed by atoms with Gasteiger partial charge in [-0.3, -0.25) is 0 Å². The highest BCUT2D eigenvalue weighted by Crippen LogP contribution is 2.03. The van der Waals surface area contributed by atoms with E-state index in [1.807, 2.05) is 13.8 Å². The molecule has 0 aromatic rings. The minimum Gasteiger partial charge on any atom is -0.411 e. The minimum atomic E-state index is -0.117. The second-order valence-corrected chi connectivity index (χ2v) is 2.39. The lowest BCUT2D eigenvalue weighted by molar-refractivity contribution is 0.213. The van der Waals surface area contributed by atoms with Crippen LogP contribution in [-0.2, 0) is 9.31 Å². The first-order valence-corrected chi connectivity index (χ1v) is 4.45. The summed E-state index contributed by atoms with van der Waals surface area (Å²) in [6.45, 7) is 5.21. The molecule has 0 amide bonds. The van der Waals surface area contributed by atoms with E-state index >= 15 is 0 Å². The van der Waals surface area contributed by atoms with E-state index in [1.54, 1.807) is 0 Å². The quantitative estimate of drug-likeness (QED) is 0.431. The standard InChI is InChI=1S/C8H16BNO2/c1-3-11-9(12-4-2)7-5-6-8-10/h3-7H2,1-2H3. The van der Waals surface area contributed by atoms with Crippen molar-refractivity contribution in [1.82, 2.24) is 0 Å². The van der Waals surface area contributed by atoms with Crippen LogP contribution in [0.25, 0.3) is 0 Å². The predicted molar refractivity (Wildman–Crippen MR) is 48.7 cm³/mol. The summed E-state index contributed by atoms with van der Waals surface area (Å²) >= 11 is 0. The smallest absolute Gasteiger partial charge is 0.411 e. The van der Waals surface area contributed by atoms with Gasteiger partial charge in [0.2, 0.25) is 0 Å². The fourth-order valence-corrected chi connectivity index (χ4v) is 0.934. The predicted octanol–water partition coefficient (Wildman–Crippen LogP) is 1.85. The maximum Gasteiger partial charge on any atom is 0.456 e. The third kappa shape index (κ3) is 6.20. The van der Waals surface area contributed by atoms with Crippen molar-refractivity contribution >= 4 is 7.12 Å². The fraction of sp³-hybridized carbons (Fsp3) is 0.875. The molecule has 68 valence electrons. The SMILES string of the molecule is CCOB(CCCC#N)OCC. The summed E-state index contributed by atoms with van der Waals surface area (Å²) in [5, 5.41) is 8.31. The molecule has 0 rings (SSSR count). The molecule has 0 aliphatic rings. The van der Waals surface area contributed by atoms with Gasteiger partial charge in [0.1, 0.15) is 0 Å². The summed E-state index contributed by atoms with van der Waals surface area (Å²) in [6, 6.07) is 2.10. The van der Waals surface area contributed by atoms with E-state index in [-0.39, 0.29) is 7.12 Å². The second-order valence-electron chi connectivity index (χ2n) is 2.39. The van der Waals surface area contributed by atoms with Gasteiger partial charge in [0, 0.05) is 19.6 Å². The normalized spacial score (nSPS) is 9.42. The van der Waals surface area contributed by atoms with Gasteiger partial charge in [-0.05, 0) is 26.6 Å². The first-order valence-electron chi connectivity index (χ1n) is 4.45. The monoisotopic (exact) mass is 169 g/mol. The maximum absolute atomic E-state index is 8.31. The molecule has 4 heteroatoms. The first-order chi connectivity index (χ1) is 5.85. The van der Waals surface area contributed by atoms with Crippen LogP contribution in [0.3, 0.4) is 0 Å². The van der Waals surface area contributed by atoms with E-state index in [9.17, 15) is 0 Å². The van der Waals surface area contributed by atoms with Crippen molar-refractivity contribution in [3.8, 4) is 6.07 Å². The number of rotatable bonds is 7. The molecule has 0 aromatic carbocycles. The zero-order valence-electron chi connectivity index (χ0n) is 7.88. The van der Waals surface area contributed by atoms with Crippen LogP contribution >= 0.6 is 0 Å². The molecule has 0 atom stereocenters. The van der Waals surface area contributed by atoms with Crippen LogP contribution in [0.15, 0.2) is 0 Å². The summed E-state index contributed by atoms with van der Waals surface area (Å²) < 4.78 is 10.6. The fourth-order valence-electron chi connectivity index (χ4n) is 0.934. The Balaban J connectivity index is 3.42. The molecular formula is C8H16BNO2. The molecule has 0 aromatic heterocycles. The Kier molecular flexibility index (Phi) is 8.20. The molecule has 0 saturated heterocycles. The van der Waals surface area contributed by atoms with Gasteiger partial charge in [-0.25, -0.2) is 0 Å². The summed E-state index contributed by atoms with van der Waals surface area (Å²) in [5.41, 5.74) is 0. The molecule has 0 heterocycles. The van der Waals surface area contributed by atoms with Gasteiger partial charge in [-0.15, -0.1) is 0 Å². The van der Waals surface area contributed by atoms with Crippen molar-refractivity contribution in [2.45, 2.75) is 33.0 Å². The van der Waals surface area contributed by atoms with Crippen molar-refractivity contribution < 1.29 is 9.31 Å². The molecule has 0 saturated carbocycles. The zero-order valence-corrected chi connectivity index (χ0v) is 7.88. The van der Waals surface area contributed by atoms with Gasteiger partial charge in [0.05, 0.1) is 6.07 Å². The van der Waals surface area contributed by atoms with Gasteiger partial charge in [0.15, 0.2) is 0 Å². The molecule has 0 fully saturated rings. The van der Waals surface area contributed by atoms with Gasteiger partial charge >= 0.3 is 7.12 Å². The van der Waals surface area contributed by atoms with Crippen LogP contribution in [0.4, 0.5) is 0 Å². The second kappa shape index (κ2) is 8.57. The Hall–Kier alpha value is -0.525. The highest BCUT2D eigenvalue weighted by molar-refractivity contribution is 6.44. The highest BCUT2D eigenvalue weighted by Gasteiger charge is 2.15. The van der Waals surface area contributed by atoms with Crippen molar-refractivity contribution in [1.29, 1.82) is 5.26 Å². The Morgan fingerprint density at radius 2 is 1.83 bits per heavy atom. The molecule has 0 N–H and O–H groups in total. The topological polar surface area (TPSA) is 42.2 Å². The maximum atomic E-state index is 8.31. The van der Waals surface area contributed by atoms with E-state index in [2.05, 4.69) is 6.07 Å². The lowest BCUT2D eigenvalue weighted by atomic mass is 9.82. The minimum absolute atomic E-state index is 0.117. The number of hydrogen-bond acceptors (Lipinski definition) is 3. The Bertz CT molecular complexity index is 130. The lowest BCUT2D eigenvalue weighted by Crippen LogP contribution is -2.22. The highest BCUT2D eigenvalue weighted by atomic mass is 16.6. The molecule has 0 bridgehead atoms. The van der Waals surface area contributed by atoms with Crippen LogP contribution in [-0.4, -0.2) is 20.3 Å². The van der Waals surface area contributed by atoms with Crippen molar-refractivity contribution in [3.63, 3.8) is 0 Å². The molecular weight excluding hydrogens is 153 g/mol. The number of nitriles is 1. The van der Waals surface area contributed by atoms with Crippen molar-refractivity contribution in [2.24, 2.45) is 0 Å². The van der Waals surface area contributed by atoms with Gasteiger partial charge < -0.3 is 9.31 Å². The largest absolute Gasteiger partial charge is 0.456 e. The Morgan fingerprint density at radius 1 is 1.25 bits per heavy atom. The third-order valence-electron chi connectivity index (χ3n) is 1.43. The molecule has 3 nitrogen and oxygen atoms in total. The van der Waals surface area contributed by atoms with Crippen LogP contribution < -0.4 is 0 Å². The van der Waals surface area contributed by atoms with Crippen LogP contribution in [0.5, 0.6) is 0 Å². The molecule has 0 spiro atoms. The third-order valence-corrected chi connectivity index (χ3v) is 1.43. The van der Waals surface area contributed by atoms with E-state index in [0.717, 1.165) is 12.7 Å². The Labute approximate surface area is 74.8 Å². The average Bonchev–Trinajstić information content (AvgIpc) is 2.06. The first kappa shape index (κ1) is 11.5. The molecule has 0 aliphatic heterocycles. The van der Waals surface area contributed by atoms with Crippen LogP contribution in [0.1, 0.15) is 26.7 Å². The molecule has 0 radical (unpaired) electrons. The zero-order chi connectivity index (χ0) is 9.23. The average molecular weight is 169 g/mol. The van der Waals surface area contributed by atoms with Crippen LogP contribution in [0, 0.1) is 11.3 Å². The summed E-state index contributed by atoms with van der Waals surface area (Å²) in [7, 11) is -0.117. The van der Waals surface area contributed by atoms with Crippen molar-refractivity contribution in [3.05, 3.63) is 0 Å². The number of unbranched alkanes of at least 4 members (excludes halogenated alkanes) is 1. The molecule has 0 aliphatic carbocycles.